The molecular weight excluding hydrogens is 629 g/mol. The number of imidazole rings is 1. The number of likely N-dealkylation sites (N-methyl/N-ethyl adjacent to an activating group) is 1. The Morgan fingerprint density at radius 1 is 1.07 bits per heavy atom. The summed E-state index contributed by atoms with van der Waals surface area (Å²) in [5, 5.41) is 1.07. The quantitative estimate of drug-likeness (QED) is 0.238. The number of hydrogen-bond donors (Lipinski definition) is 0. The molecule has 0 aliphatic rings. The Bertz CT molecular complexity index is 1110. The van der Waals surface area contributed by atoms with Crippen LogP contribution in [-0.4, -0.2) is 40.1 Å². The second-order valence-electron chi connectivity index (χ2n) is 6.54. The van der Waals surface area contributed by atoms with E-state index in [2.05, 4.69) is 14.5 Å². The van der Waals surface area contributed by atoms with E-state index in [9.17, 15) is 4.39 Å². The molecule has 0 unspecified atom stereocenters. The fourth-order valence-corrected chi connectivity index (χ4v) is 3.11. The number of nitrogens with zero attached hydrogens (tertiary/aromatic N) is 4. The number of aromatic nitrogens is 3. The van der Waals surface area contributed by atoms with Crippen LogP contribution in [0.15, 0.2) is 54.7 Å². The average molecular weight is 651 g/mol. The summed E-state index contributed by atoms with van der Waals surface area (Å²) >= 11 is -1.85. The van der Waals surface area contributed by atoms with Gasteiger partial charge in [-0.05, 0) is 44.4 Å². The predicted molar refractivity (Wildman–Crippen MR) is 123 cm³/mol. The van der Waals surface area contributed by atoms with Gasteiger partial charge in [-0.15, -0.1) is 0 Å². The van der Waals surface area contributed by atoms with Crippen molar-refractivity contribution in [3.05, 3.63) is 68.0 Å². The van der Waals surface area contributed by atoms with Crippen LogP contribution < -0.4 is 0 Å². The molecule has 4 rings (SSSR count). The van der Waals surface area contributed by atoms with Gasteiger partial charge in [-0.25, -0.2) is 9.37 Å². The van der Waals surface area contributed by atoms with Gasteiger partial charge in [-0.1, -0.05) is 18.2 Å². The van der Waals surface area contributed by atoms with Crippen LogP contribution in [0.1, 0.15) is 0 Å². The van der Waals surface area contributed by atoms with Gasteiger partial charge in [0.05, 0.1) is 16.6 Å². The summed E-state index contributed by atoms with van der Waals surface area (Å²) in [6, 6.07) is 14.8. The van der Waals surface area contributed by atoms with Crippen LogP contribution in [0.25, 0.3) is 33.3 Å². The summed E-state index contributed by atoms with van der Waals surface area (Å²) in [4.78, 5) is 11.4. The average Bonchev–Trinajstić information content (AvgIpc) is 3.03. The molecule has 4 aromatic rings. The van der Waals surface area contributed by atoms with Crippen LogP contribution in [0.2, 0.25) is 0 Å². The van der Waals surface area contributed by atoms with E-state index in [4.69, 9.17) is 33.2 Å². The van der Waals surface area contributed by atoms with E-state index in [0.717, 1.165) is 46.4 Å². The third kappa shape index (κ3) is 6.15. The first-order valence-electron chi connectivity index (χ1n) is 8.64. The molecule has 165 valence electrons. The van der Waals surface area contributed by atoms with E-state index in [1.807, 2.05) is 44.4 Å². The van der Waals surface area contributed by atoms with E-state index >= 15 is 0 Å². The topological polar surface area (TPSA) is 34.0 Å². The number of fused-ring (bicyclic) bond motifs is 2. The van der Waals surface area contributed by atoms with Gasteiger partial charge in [0, 0.05) is 30.2 Å². The first kappa shape index (κ1) is 25.0. The van der Waals surface area contributed by atoms with Crippen LogP contribution >= 0.6 is 28.3 Å². The van der Waals surface area contributed by atoms with Crippen LogP contribution in [0.3, 0.4) is 0 Å². The Kier molecular flexibility index (Phi) is 9.52. The number of para-hydroxylation sites is 1. The van der Waals surface area contributed by atoms with Crippen molar-refractivity contribution in [2.75, 3.05) is 20.6 Å². The van der Waals surface area contributed by atoms with E-state index in [1.165, 1.54) is 6.07 Å². The predicted octanol–water partition coefficient (Wildman–Crippen LogP) is 6.47. The Labute approximate surface area is 193 Å². The second-order valence-corrected chi connectivity index (χ2v) is 16.4. The number of pyridine rings is 1. The van der Waals surface area contributed by atoms with Gasteiger partial charge in [0.25, 0.3) is 0 Å². The fraction of sp³-hybridized carbons (Fsp3) is 0.190. The van der Waals surface area contributed by atoms with Crippen molar-refractivity contribution in [3.8, 4) is 11.4 Å². The van der Waals surface area contributed by atoms with E-state index in [1.54, 1.807) is 18.3 Å². The monoisotopic (exact) mass is 649 g/mol. The molecule has 0 saturated heterocycles. The summed E-state index contributed by atoms with van der Waals surface area (Å²) in [6.07, 6.45) is 1.79. The molecule has 2 heterocycles. The Hall–Kier alpha value is -1.23. The van der Waals surface area contributed by atoms with Crippen LogP contribution in [0.5, 0.6) is 0 Å². The summed E-state index contributed by atoms with van der Waals surface area (Å²) in [5.74, 6) is 0.577. The number of benzene rings is 2. The third-order valence-corrected chi connectivity index (χ3v) is 4.35. The first-order chi connectivity index (χ1) is 13.9. The maximum absolute atomic E-state index is 13.8. The van der Waals surface area contributed by atoms with Crippen LogP contribution in [-0.2, 0) is 20.7 Å². The fourth-order valence-electron chi connectivity index (χ4n) is 3.11. The molecular formula is C21H22Cl3FN4Pt-. The zero-order chi connectivity index (χ0) is 21.0. The second kappa shape index (κ2) is 11.4. The minimum absolute atomic E-state index is 0. The van der Waals surface area contributed by atoms with Crippen molar-refractivity contribution in [3.63, 3.8) is 0 Å². The molecule has 2 aromatic heterocycles. The van der Waals surface area contributed by atoms with Gasteiger partial charge in [-0.3, -0.25) is 4.98 Å². The van der Waals surface area contributed by atoms with Crippen molar-refractivity contribution >= 4 is 50.2 Å². The molecule has 0 atom stereocenters. The van der Waals surface area contributed by atoms with Gasteiger partial charge in [-0.2, -0.15) is 0 Å². The minimum atomic E-state index is -1.85. The van der Waals surface area contributed by atoms with Crippen molar-refractivity contribution in [1.29, 1.82) is 0 Å². The molecule has 4 nitrogen and oxygen atoms in total. The molecule has 0 aliphatic carbocycles. The molecule has 0 amide bonds. The van der Waals surface area contributed by atoms with Gasteiger partial charge < -0.3 is 16.9 Å². The van der Waals surface area contributed by atoms with Crippen molar-refractivity contribution in [1.82, 2.24) is 19.4 Å². The van der Waals surface area contributed by atoms with Crippen molar-refractivity contribution < 1.29 is 18.6 Å². The van der Waals surface area contributed by atoms with Crippen LogP contribution in [0, 0.1) is 13.2 Å². The molecule has 0 saturated carbocycles. The summed E-state index contributed by atoms with van der Waals surface area (Å²) in [7, 11) is 18.9. The standard InChI is InChI=1S/C20H19FN4.CH3.3ClH.Pt/c1-24(2)11-12-25-18-13-15(21)8-9-17(18)23-20(25)16-7-3-5-14-6-4-10-22-19(14)16;;;;;/h3-10,13H,11-12H2,1-2H3;1H3;3*1H;/q;-1;;;;+3/p-3. The number of halogens is 4. The molecule has 30 heavy (non-hydrogen) atoms. The van der Waals surface area contributed by atoms with Crippen LogP contribution in [0.4, 0.5) is 4.39 Å². The van der Waals surface area contributed by atoms with Gasteiger partial charge in [0.2, 0.25) is 0 Å². The van der Waals surface area contributed by atoms with Crippen molar-refractivity contribution in [2.24, 2.45) is 0 Å². The van der Waals surface area contributed by atoms with E-state index in [0.29, 0.717) is 0 Å². The summed E-state index contributed by atoms with van der Waals surface area (Å²) in [5.41, 5.74) is 3.48. The molecule has 2 aromatic carbocycles. The first-order valence-corrected chi connectivity index (χ1v) is 17.1. The van der Waals surface area contributed by atoms with E-state index in [-0.39, 0.29) is 13.2 Å². The molecule has 0 N–H and O–H groups in total. The third-order valence-electron chi connectivity index (χ3n) is 4.35. The van der Waals surface area contributed by atoms with Gasteiger partial charge >= 0.3 is 42.4 Å². The van der Waals surface area contributed by atoms with E-state index < -0.39 is 14.2 Å². The maximum atomic E-state index is 13.8. The molecule has 0 aliphatic heterocycles. The molecule has 9 heteroatoms. The Morgan fingerprint density at radius 3 is 2.47 bits per heavy atom. The number of rotatable bonds is 4. The summed E-state index contributed by atoms with van der Waals surface area (Å²) < 4.78 is 15.9. The zero-order valence-corrected chi connectivity index (χ0v) is 21.3. The summed E-state index contributed by atoms with van der Waals surface area (Å²) in [6.45, 7) is 1.57. The van der Waals surface area contributed by atoms with Crippen molar-refractivity contribution in [2.45, 2.75) is 6.54 Å². The molecule has 0 radical (unpaired) electrons. The molecule has 0 bridgehead atoms. The molecule has 0 spiro atoms. The van der Waals surface area contributed by atoms with Gasteiger partial charge in [0.1, 0.15) is 11.6 Å². The Morgan fingerprint density at radius 2 is 1.77 bits per heavy atom. The number of hydrogen-bond acceptors (Lipinski definition) is 3. The SMILES string of the molecule is CN(C)CCn1c(-c2cccc3cccnc23)nc2ccc(F)cc21.[CH3-].[Cl][Pt]([Cl])[Cl]. The normalized spacial score (nSPS) is 11.2. The zero-order valence-electron chi connectivity index (χ0n) is 16.7. The van der Waals surface area contributed by atoms with Gasteiger partial charge in [0.15, 0.2) is 0 Å². The molecule has 0 fully saturated rings. The Balaban J connectivity index is 0.000000591.